The van der Waals surface area contributed by atoms with E-state index in [4.69, 9.17) is 5.73 Å². The summed E-state index contributed by atoms with van der Waals surface area (Å²) in [6, 6.07) is 1.83. The Morgan fingerprint density at radius 3 is 2.96 bits per heavy atom. The monoisotopic (exact) mass is 424 g/mol. The summed E-state index contributed by atoms with van der Waals surface area (Å²) in [5.74, 6) is 0.271. The van der Waals surface area contributed by atoms with Gasteiger partial charge in [0.15, 0.2) is 0 Å². The molecule has 3 aromatic heterocycles. The molecule has 0 spiro atoms. The van der Waals surface area contributed by atoms with Crippen LogP contribution in [-0.2, 0) is 6.54 Å². The van der Waals surface area contributed by atoms with E-state index in [0.717, 1.165) is 33.4 Å². The lowest BCUT2D eigenvalue weighted by Crippen LogP contribution is -2.26. The number of anilines is 1. The predicted molar refractivity (Wildman–Crippen MR) is 103 cm³/mol. The number of nitrogens with one attached hydrogen (secondary N) is 1. The number of aromatic nitrogens is 4. The Morgan fingerprint density at radius 2 is 2.32 bits per heavy atom. The van der Waals surface area contributed by atoms with Crippen LogP contribution >= 0.6 is 27.3 Å². The molecule has 0 aliphatic carbocycles. The zero-order chi connectivity index (χ0) is 18.0. The van der Waals surface area contributed by atoms with Crippen molar-refractivity contribution >= 4 is 50.2 Å². The smallest absolute Gasteiger partial charge is 0.205 e. The molecule has 0 radical (unpaired) electrons. The van der Waals surface area contributed by atoms with E-state index in [2.05, 4.69) is 47.6 Å². The van der Waals surface area contributed by atoms with Crippen LogP contribution in [-0.4, -0.2) is 33.3 Å². The normalized spacial score (nSPS) is 11.2. The van der Waals surface area contributed by atoms with Crippen molar-refractivity contribution in [2.24, 2.45) is 5.73 Å². The minimum atomic E-state index is -0.432. The summed E-state index contributed by atoms with van der Waals surface area (Å²) in [4.78, 5) is 11.4. The average Bonchev–Trinajstić information content (AvgIpc) is 3.14. The third-order valence-corrected chi connectivity index (χ3v) is 6.41. The van der Waals surface area contributed by atoms with Gasteiger partial charge in [0, 0.05) is 15.9 Å². The third kappa shape index (κ3) is 3.73. The summed E-state index contributed by atoms with van der Waals surface area (Å²) in [7, 11) is 0. The maximum absolute atomic E-state index is 13.6. The molecule has 0 saturated carbocycles. The van der Waals surface area contributed by atoms with Crippen LogP contribution in [0.5, 0.6) is 0 Å². The van der Waals surface area contributed by atoms with Crippen molar-refractivity contribution in [3.63, 3.8) is 0 Å². The van der Waals surface area contributed by atoms with Crippen LogP contribution in [0.3, 0.4) is 0 Å². The van der Waals surface area contributed by atoms with Crippen LogP contribution in [0.25, 0.3) is 17.0 Å². The highest BCUT2D eigenvalue weighted by Gasteiger charge is 2.19. The molecule has 0 saturated heterocycles. The molecule has 6 nitrogen and oxygen atoms in total. The number of thiophene rings is 1. The fraction of sp³-hybridized carbons (Fsp3) is 0.312. The quantitative estimate of drug-likeness (QED) is 0.602. The number of H-pyrrole nitrogens is 1. The Kier molecular flexibility index (Phi) is 5.45. The van der Waals surface area contributed by atoms with Crippen LogP contribution < -0.4 is 10.6 Å². The number of halogens is 2. The van der Waals surface area contributed by atoms with Crippen molar-refractivity contribution in [1.82, 2.24) is 20.2 Å². The lowest BCUT2D eigenvalue weighted by atomic mass is 10.2. The van der Waals surface area contributed by atoms with Gasteiger partial charge in [-0.15, -0.1) is 16.4 Å². The average molecular weight is 425 g/mol. The second-order valence-electron chi connectivity index (χ2n) is 5.59. The molecule has 0 unspecified atom stereocenters. The number of fused-ring (bicyclic) bond motifs is 1. The standard InChI is InChI=1S/C16H18BrFN6S/c1-9-12(25-14(10(2)18)13(9)17)8-24(7-3-5-19)16-21-11-4-6-20-23-15(11)22-16/h4,6H,2-3,5,7-8,19H2,1H3,(H,21,22,23). The van der Waals surface area contributed by atoms with Crippen LogP contribution in [0.4, 0.5) is 10.3 Å². The van der Waals surface area contributed by atoms with E-state index in [0.29, 0.717) is 29.6 Å². The zero-order valence-electron chi connectivity index (χ0n) is 13.7. The first-order valence-corrected chi connectivity index (χ1v) is 9.37. The van der Waals surface area contributed by atoms with Gasteiger partial charge in [0.1, 0.15) is 5.83 Å². The van der Waals surface area contributed by atoms with Gasteiger partial charge >= 0.3 is 0 Å². The number of nitrogens with zero attached hydrogens (tertiary/aromatic N) is 4. The van der Waals surface area contributed by atoms with Crippen LogP contribution in [0.2, 0.25) is 0 Å². The molecule has 132 valence electrons. The minimum Gasteiger partial charge on any atom is -0.337 e. The molecule has 3 rings (SSSR count). The van der Waals surface area contributed by atoms with Crippen LogP contribution in [0.15, 0.2) is 23.3 Å². The van der Waals surface area contributed by atoms with Crippen LogP contribution in [0, 0.1) is 6.92 Å². The van der Waals surface area contributed by atoms with Gasteiger partial charge in [-0.2, -0.15) is 10.1 Å². The topological polar surface area (TPSA) is 83.7 Å². The fourth-order valence-electron chi connectivity index (χ4n) is 2.48. The van der Waals surface area contributed by atoms with Gasteiger partial charge in [0.05, 0.1) is 23.1 Å². The molecule has 3 aromatic rings. The molecule has 9 heteroatoms. The number of imidazole rings is 1. The van der Waals surface area contributed by atoms with E-state index < -0.39 is 5.83 Å². The summed E-state index contributed by atoms with van der Waals surface area (Å²) >= 11 is 4.85. The molecular weight excluding hydrogens is 407 g/mol. The van der Waals surface area contributed by atoms with Gasteiger partial charge in [-0.3, -0.25) is 0 Å². The summed E-state index contributed by atoms with van der Waals surface area (Å²) in [5, 5.41) is 7.87. The van der Waals surface area contributed by atoms with E-state index in [1.807, 2.05) is 13.0 Å². The lowest BCUT2D eigenvalue weighted by Gasteiger charge is -2.21. The van der Waals surface area contributed by atoms with Crippen molar-refractivity contribution < 1.29 is 4.39 Å². The van der Waals surface area contributed by atoms with Crippen LogP contribution in [0.1, 0.15) is 21.7 Å². The van der Waals surface area contributed by atoms with E-state index in [1.165, 1.54) is 11.3 Å². The van der Waals surface area contributed by atoms with Gasteiger partial charge < -0.3 is 15.6 Å². The molecule has 25 heavy (non-hydrogen) atoms. The van der Waals surface area contributed by atoms with Crippen molar-refractivity contribution in [2.75, 3.05) is 18.0 Å². The molecule has 0 bridgehead atoms. The minimum absolute atomic E-state index is 0.432. The van der Waals surface area contributed by atoms with E-state index >= 15 is 0 Å². The highest BCUT2D eigenvalue weighted by molar-refractivity contribution is 9.10. The molecule has 0 fully saturated rings. The maximum atomic E-state index is 13.6. The molecule has 3 heterocycles. The summed E-state index contributed by atoms with van der Waals surface area (Å²) < 4.78 is 14.4. The third-order valence-electron chi connectivity index (χ3n) is 3.84. The van der Waals surface area contributed by atoms with Gasteiger partial charge in [0.25, 0.3) is 0 Å². The molecule has 0 amide bonds. The maximum Gasteiger partial charge on any atom is 0.205 e. The molecular formula is C16H18BrFN6S. The number of rotatable bonds is 7. The van der Waals surface area contributed by atoms with Gasteiger partial charge in [-0.05, 0) is 47.4 Å². The molecule has 0 aliphatic rings. The Balaban J connectivity index is 1.94. The first-order chi connectivity index (χ1) is 12.0. The van der Waals surface area contributed by atoms with Crippen molar-refractivity contribution in [2.45, 2.75) is 19.9 Å². The zero-order valence-corrected chi connectivity index (χ0v) is 16.1. The summed E-state index contributed by atoms with van der Waals surface area (Å²) in [6.45, 7) is 7.27. The largest absolute Gasteiger partial charge is 0.337 e. The van der Waals surface area contributed by atoms with E-state index in [-0.39, 0.29) is 0 Å². The Morgan fingerprint density at radius 1 is 1.52 bits per heavy atom. The first kappa shape index (κ1) is 18.0. The molecule has 0 aromatic carbocycles. The van der Waals surface area contributed by atoms with Gasteiger partial charge in [-0.1, -0.05) is 6.58 Å². The first-order valence-electron chi connectivity index (χ1n) is 7.76. The second kappa shape index (κ2) is 7.59. The summed E-state index contributed by atoms with van der Waals surface area (Å²) in [5.41, 5.74) is 8.07. The lowest BCUT2D eigenvalue weighted by molar-refractivity contribution is 0.723. The van der Waals surface area contributed by atoms with Crippen molar-refractivity contribution in [3.8, 4) is 0 Å². The Hall–Kier alpha value is -1.84. The highest BCUT2D eigenvalue weighted by Crippen LogP contribution is 2.38. The van der Waals surface area contributed by atoms with Gasteiger partial charge in [-0.25, -0.2) is 4.39 Å². The second-order valence-corrected chi connectivity index (χ2v) is 7.49. The fourth-order valence-corrected chi connectivity index (χ4v) is 4.38. The number of aromatic amines is 1. The number of hydrogen-bond donors (Lipinski definition) is 2. The highest BCUT2D eigenvalue weighted by atomic mass is 79.9. The van der Waals surface area contributed by atoms with E-state index in [9.17, 15) is 4.39 Å². The van der Waals surface area contributed by atoms with Gasteiger partial charge in [0.2, 0.25) is 11.6 Å². The molecule has 0 atom stereocenters. The SMILES string of the molecule is C=C(F)c1sc(CN(CCCN)c2nc3nnccc3[nH]2)c(C)c1Br. The van der Waals surface area contributed by atoms with Crippen molar-refractivity contribution in [3.05, 3.63) is 38.6 Å². The summed E-state index contributed by atoms with van der Waals surface area (Å²) in [6.07, 6.45) is 2.44. The van der Waals surface area contributed by atoms with E-state index in [1.54, 1.807) is 6.20 Å². The molecule has 3 N–H and O–H groups in total. The Bertz CT molecular complexity index is 872. The predicted octanol–water partition coefficient (Wildman–Crippen LogP) is 3.78. The number of nitrogens with two attached hydrogens (primary N) is 1. The number of hydrogen-bond acceptors (Lipinski definition) is 6. The Labute approximate surface area is 157 Å². The molecule has 0 aliphatic heterocycles. The van der Waals surface area contributed by atoms with Crippen molar-refractivity contribution in [1.29, 1.82) is 0 Å².